The van der Waals surface area contributed by atoms with Crippen LogP contribution in [0.3, 0.4) is 0 Å². The quantitative estimate of drug-likeness (QED) is 0.452. The molecule has 0 unspecified atom stereocenters. The maximum Gasteiger partial charge on any atom is 4.00 e. The maximum absolute atomic E-state index is 11.1. The Hall–Kier alpha value is -0.596. The molecular formula is C14H32N4O3Ti. The smallest absolute Gasteiger partial charge is 0.668 e. The molecule has 0 radical (unpaired) electrons. The number of carbonyl (C=O) groups excluding carboxylic acids is 1. The van der Waals surface area contributed by atoms with Gasteiger partial charge in [-0.05, 0) is 20.8 Å². The zero-order chi connectivity index (χ0) is 18.1. The van der Waals surface area contributed by atoms with Gasteiger partial charge in [-0.1, -0.05) is 0 Å². The van der Waals surface area contributed by atoms with E-state index in [1.165, 1.54) is 6.92 Å². The van der Waals surface area contributed by atoms with Gasteiger partial charge in [0.1, 0.15) is 0 Å². The molecule has 0 rings (SSSR count). The molecule has 0 aromatic heterocycles. The van der Waals surface area contributed by atoms with Gasteiger partial charge in [-0.2, -0.15) is 55.1 Å². The van der Waals surface area contributed by atoms with Crippen LogP contribution in [0.15, 0.2) is 0 Å². The maximum atomic E-state index is 11.1. The van der Waals surface area contributed by atoms with Crippen molar-refractivity contribution in [3.8, 4) is 0 Å². The zero-order valence-corrected chi connectivity index (χ0v) is 17.2. The van der Waals surface area contributed by atoms with Gasteiger partial charge in [0.25, 0.3) is 0 Å². The SMILES string of the molecule is C[C-](C(=O)O)C(=O)NC(C)(C)C.C[N-]C.C[N-]C.C[N-]C.[Ti+4]. The van der Waals surface area contributed by atoms with Crippen molar-refractivity contribution in [1.29, 1.82) is 0 Å². The van der Waals surface area contributed by atoms with Crippen molar-refractivity contribution in [2.45, 2.75) is 33.2 Å². The molecule has 0 bridgehead atoms. The largest absolute Gasteiger partial charge is 4.00 e. The number of carbonyl (C=O) groups is 2. The van der Waals surface area contributed by atoms with Crippen LogP contribution in [0.5, 0.6) is 0 Å². The number of amides is 1. The zero-order valence-electron chi connectivity index (χ0n) is 15.6. The second kappa shape index (κ2) is 22.7. The van der Waals surface area contributed by atoms with Crippen molar-refractivity contribution in [2.75, 3.05) is 42.3 Å². The minimum atomic E-state index is -1.18. The Morgan fingerprint density at radius 3 is 1.27 bits per heavy atom. The fourth-order valence-corrected chi connectivity index (χ4v) is 0.531. The number of nitrogens with zero attached hydrogens (tertiary/aromatic N) is 3. The van der Waals surface area contributed by atoms with Crippen LogP contribution >= 0.6 is 0 Å². The molecule has 2 N–H and O–H groups in total. The fraction of sp³-hybridized carbons (Fsp3) is 0.786. The van der Waals surface area contributed by atoms with Crippen LogP contribution in [-0.2, 0) is 31.3 Å². The van der Waals surface area contributed by atoms with Crippen LogP contribution < -0.4 is 5.32 Å². The van der Waals surface area contributed by atoms with Gasteiger partial charge >= 0.3 is 21.7 Å². The van der Waals surface area contributed by atoms with E-state index in [-0.39, 0.29) is 27.6 Å². The first-order valence-electron chi connectivity index (χ1n) is 6.32. The minimum Gasteiger partial charge on any atom is -0.668 e. The molecule has 1 amide bonds. The van der Waals surface area contributed by atoms with Crippen LogP contribution in [0.25, 0.3) is 16.0 Å². The predicted molar refractivity (Wildman–Crippen MR) is 90.1 cm³/mol. The Morgan fingerprint density at radius 2 is 1.14 bits per heavy atom. The Morgan fingerprint density at radius 1 is 0.909 bits per heavy atom. The topological polar surface area (TPSA) is 109 Å². The molecule has 0 aliphatic heterocycles. The van der Waals surface area contributed by atoms with Crippen molar-refractivity contribution in [3.05, 3.63) is 21.9 Å². The minimum absolute atomic E-state index is 0. The summed E-state index contributed by atoms with van der Waals surface area (Å²) >= 11 is 0. The van der Waals surface area contributed by atoms with Gasteiger partial charge in [-0.15, -0.1) is 0 Å². The van der Waals surface area contributed by atoms with Crippen molar-refractivity contribution < 1.29 is 36.4 Å². The van der Waals surface area contributed by atoms with Crippen LogP contribution in [0.2, 0.25) is 0 Å². The van der Waals surface area contributed by atoms with Gasteiger partial charge in [0, 0.05) is 5.54 Å². The molecule has 130 valence electrons. The van der Waals surface area contributed by atoms with Gasteiger partial charge in [-0.25, -0.2) is 0 Å². The van der Waals surface area contributed by atoms with E-state index >= 15 is 0 Å². The van der Waals surface area contributed by atoms with Crippen molar-refractivity contribution >= 4 is 11.9 Å². The summed E-state index contributed by atoms with van der Waals surface area (Å²) in [5.74, 6) is -1.91. The number of carboxylic acids is 1. The Bertz CT molecular complexity index is 242. The van der Waals surface area contributed by atoms with Crippen LogP contribution in [0.1, 0.15) is 27.7 Å². The molecule has 0 saturated carbocycles. The molecule has 8 heteroatoms. The van der Waals surface area contributed by atoms with E-state index in [4.69, 9.17) is 5.11 Å². The molecular weight excluding hydrogens is 320 g/mol. The summed E-state index contributed by atoms with van der Waals surface area (Å²) in [5.41, 5.74) is -0.395. The van der Waals surface area contributed by atoms with Gasteiger partial charge in [0.05, 0.1) is 5.91 Å². The third-order valence-corrected chi connectivity index (χ3v) is 1.15. The molecule has 0 heterocycles. The summed E-state index contributed by atoms with van der Waals surface area (Å²) < 4.78 is 0. The van der Waals surface area contributed by atoms with E-state index < -0.39 is 17.4 Å². The van der Waals surface area contributed by atoms with E-state index in [2.05, 4.69) is 21.3 Å². The van der Waals surface area contributed by atoms with E-state index in [0.29, 0.717) is 0 Å². The third-order valence-electron chi connectivity index (χ3n) is 1.15. The van der Waals surface area contributed by atoms with E-state index in [1.54, 1.807) is 63.1 Å². The molecule has 7 nitrogen and oxygen atoms in total. The second-order valence-corrected chi connectivity index (χ2v) is 4.98. The van der Waals surface area contributed by atoms with Gasteiger partial charge in [0.2, 0.25) is 0 Å². The first-order chi connectivity index (χ1) is 9.48. The molecule has 0 aliphatic carbocycles. The van der Waals surface area contributed by atoms with Gasteiger partial charge < -0.3 is 31.2 Å². The summed E-state index contributed by atoms with van der Waals surface area (Å²) in [4.78, 5) is 21.4. The number of carboxylic acid groups (broad SMARTS) is 1. The van der Waals surface area contributed by atoms with E-state index in [9.17, 15) is 9.59 Å². The van der Waals surface area contributed by atoms with Crippen molar-refractivity contribution in [2.24, 2.45) is 0 Å². The Kier molecular flexibility index (Phi) is 34.1. The molecule has 0 spiro atoms. The van der Waals surface area contributed by atoms with Crippen molar-refractivity contribution in [1.82, 2.24) is 5.32 Å². The number of hydrogen-bond donors (Lipinski definition) is 2. The molecule has 22 heavy (non-hydrogen) atoms. The molecule has 0 atom stereocenters. The summed E-state index contributed by atoms with van der Waals surface area (Å²) in [6.07, 6.45) is 0. The van der Waals surface area contributed by atoms with E-state index in [1.807, 2.05) is 0 Å². The second-order valence-electron chi connectivity index (χ2n) is 4.98. The standard InChI is InChI=1S/C8H14NO3.3C2H6N.Ti/c1-5(7(11)12)6(10)9-8(2,3)4;3*1-3-2;/h1-4H3,(H,9,10)(H,11,12);3*1-2H3;/q4*-1;+4. The molecule has 0 aromatic carbocycles. The summed E-state index contributed by atoms with van der Waals surface area (Å²) in [6.45, 7) is 6.66. The van der Waals surface area contributed by atoms with Crippen LogP contribution in [0, 0.1) is 5.92 Å². The summed E-state index contributed by atoms with van der Waals surface area (Å²) in [6, 6.07) is 0. The van der Waals surface area contributed by atoms with Gasteiger partial charge in [-0.3, -0.25) is 4.79 Å². The van der Waals surface area contributed by atoms with Crippen LogP contribution in [0.4, 0.5) is 0 Å². The first kappa shape index (κ1) is 33.1. The molecule has 0 aliphatic rings. The Labute approximate surface area is 151 Å². The number of nitrogens with one attached hydrogen (secondary N) is 1. The fourth-order valence-electron chi connectivity index (χ4n) is 0.531. The summed E-state index contributed by atoms with van der Waals surface area (Å²) in [5, 5.41) is 21.5. The normalized spacial score (nSPS) is 8.27. The summed E-state index contributed by atoms with van der Waals surface area (Å²) in [7, 11) is 10.5. The van der Waals surface area contributed by atoms with Crippen LogP contribution in [-0.4, -0.2) is 64.8 Å². The average molecular weight is 352 g/mol. The number of hydrogen-bond acceptors (Lipinski definition) is 2. The number of rotatable bonds is 2. The molecule has 0 aromatic rings. The van der Waals surface area contributed by atoms with E-state index in [0.717, 1.165) is 0 Å². The third kappa shape index (κ3) is 42.7. The molecule has 0 fully saturated rings. The van der Waals surface area contributed by atoms with Crippen molar-refractivity contribution in [3.63, 3.8) is 0 Å². The predicted octanol–water partition coefficient (Wildman–Crippen LogP) is 2.44. The number of aliphatic carboxylic acids is 1. The Balaban J connectivity index is -0.0000000802. The molecule has 0 saturated heterocycles. The average Bonchev–Trinajstić information content (AvgIpc) is 2.28. The van der Waals surface area contributed by atoms with Gasteiger partial charge in [0.15, 0.2) is 5.97 Å². The monoisotopic (exact) mass is 352 g/mol. The first-order valence-corrected chi connectivity index (χ1v) is 6.32.